The molecular formula is C33H28INO6. The molecule has 0 radical (unpaired) electrons. The molecule has 1 N–H and O–H groups in total. The predicted molar refractivity (Wildman–Crippen MR) is 164 cm³/mol. The molecule has 7 nitrogen and oxygen atoms in total. The van der Waals surface area contributed by atoms with Crippen LogP contribution in [0.15, 0.2) is 85.1 Å². The van der Waals surface area contributed by atoms with E-state index in [1.165, 1.54) is 0 Å². The number of fused-ring (bicyclic) bond motifs is 2. The Morgan fingerprint density at radius 2 is 1.61 bits per heavy atom. The summed E-state index contributed by atoms with van der Waals surface area (Å²) in [6, 6.07) is 25.8. The number of rotatable bonds is 7. The van der Waals surface area contributed by atoms with Crippen LogP contribution in [0.1, 0.15) is 36.5 Å². The van der Waals surface area contributed by atoms with Crippen molar-refractivity contribution in [1.29, 1.82) is 0 Å². The van der Waals surface area contributed by atoms with Crippen LogP contribution in [-0.2, 0) is 25.7 Å². The molecule has 1 saturated heterocycles. The monoisotopic (exact) mass is 661 g/mol. The number of cyclic esters (lactones) is 2. The van der Waals surface area contributed by atoms with E-state index in [9.17, 15) is 9.59 Å². The third kappa shape index (κ3) is 5.12. The van der Waals surface area contributed by atoms with Crippen LogP contribution < -0.4 is 9.47 Å². The molecule has 1 atom stereocenters. The first-order valence-corrected chi connectivity index (χ1v) is 14.3. The van der Waals surface area contributed by atoms with E-state index < -0.39 is 29.6 Å². The number of H-pyrrole nitrogens is 1. The first-order chi connectivity index (χ1) is 19.8. The lowest BCUT2D eigenvalue weighted by Crippen LogP contribution is -2.48. The number of benzene rings is 4. The summed E-state index contributed by atoms with van der Waals surface area (Å²) in [4.78, 5) is 30.0. The molecule has 1 aromatic heterocycles. The van der Waals surface area contributed by atoms with E-state index in [-0.39, 0.29) is 0 Å². The molecule has 1 aliphatic heterocycles. The minimum Gasteiger partial charge on any atom is -0.493 e. The molecule has 0 aliphatic carbocycles. The molecule has 8 heteroatoms. The fourth-order valence-corrected chi connectivity index (χ4v) is 6.31. The molecule has 1 fully saturated rings. The van der Waals surface area contributed by atoms with Gasteiger partial charge in [-0.05, 0) is 68.3 Å². The first-order valence-electron chi connectivity index (χ1n) is 13.2. The molecule has 6 rings (SSSR count). The Labute approximate surface area is 250 Å². The third-order valence-corrected chi connectivity index (χ3v) is 8.15. The Kier molecular flexibility index (Phi) is 7.11. The second-order valence-corrected chi connectivity index (χ2v) is 11.6. The highest BCUT2D eigenvalue weighted by atomic mass is 127. The van der Waals surface area contributed by atoms with Gasteiger partial charge in [-0.25, -0.2) is 0 Å². The van der Waals surface area contributed by atoms with Gasteiger partial charge in [0.15, 0.2) is 17.4 Å². The smallest absolute Gasteiger partial charge is 0.324 e. The summed E-state index contributed by atoms with van der Waals surface area (Å²) in [5.41, 5.74) is 3.42. The van der Waals surface area contributed by atoms with Crippen LogP contribution in [0.4, 0.5) is 0 Å². The van der Waals surface area contributed by atoms with Crippen LogP contribution in [0.2, 0.25) is 0 Å². The van der Waals surface area contributed by atoms with Crippen molar-refractivity contribution < 1.29 is 28.5 Å². The highest BCUT2D eigenvalue weighted by Gasteiger charge is 2.49. The summed E-state index contributed by atoms with van der Waals surface area (Å²) in [5.74, 6) is -3.42. The van der Waals surface area contributed by atoms with E-state index >= 15 is 0 Å². The number of aromatic amines is 1. The molecule has 0 spiro atoms. The molecule has 2 heterocycles. The van der Waals surface area contributed by atoms with Crippen molar-refractivity contribution in [2.24, 2.45) is 5.92 Å². The van der Waals surface area contributed by atoms with Crippen molar-refractivity contribution in [2.75, 3.05) is 7.11 Å². The van der Waals surface area contributed by atoms with Crippen molar-refractivity contribution >= 4 is 56.2 Å². The average molecular weight is 661 g/mol. The van der Waals surface area contributed by atoms with Gasteiger partial charge in [0.25, 0.3) is 5.79 Å². The first kappa shape index (κ1) is 27.1. The Morgan fingerprint density at radius 3 is 2.37 bits per heavy atom. The lowest BCUT2D eigenvalue weighted by molar-refractivity contribution is -0.240. The lowest BCUT2D eigenvalue weighted by atomic mass is 9.80. The number of carbonyl (C=O) groups is 2. The van der Waals surface area contributed by atoms with Crippen LogP contribution in [0, 0.1) is 9.49 Å². The fraction of sp³-hybridized carbons (Fsp3) is 0.212. The molecule has 0 unspecified atom stereocenters. The number of nitrogens with one attached hydrogen (secondary N) is 1. The highest BCUT2D eigenvalue weighted by Crippen LogP contribution is 2.44. The number of para-hydroxylation sites is 1. The molecular weight excluding hydrogens is 633 g/mol. The zero-order valence-electron chi connectivity index (χ0n) is 22.8. The molecule has 0 amide bonds. The quantitative estimate of drug-likeness (QED) is 0.114. The van der Waals surface area contributed by atoms with E-state index in [2.05, 4.69) is 45.8 Å². The molecule has 1 aliphatic rings. The standard InChI is InChI=1S/C33H28INO6/c1-33(2)40-31(36)29(32(37)41-33)28(24-17-35-26-14-7-6-13-23(24)26)21-15-25(34)30(27(16-21)38-3)39-18-20-11-8-10-19-9-4-5-12-22(19)20/h4-17,28-29,35H,18H2,1-3H3/t28-/m0/s1. The molecule has 0 saturated carbocycles. The van der Waals surface area contributed by atoms with E-state index in [1.54, 1.807) is 21.0 Å². The largest absolute Gasteiger partial charge is 0.493 e. The van der Waals surface area contributed by atoms with Gasteiger partial charge in [-0.1, -0.05) is 60.7 Å². The molecule has 0 bridgehead atoms. The van der Waals surface area contributed by atoms with Crippen LogP contribution in [-0.4, -0.2) is 29.8 Å². The van der Waals surface area contributed by atoms with Gasteiger partial charge < -0.3 is 23.9 Å². The number of carbonyl (C=O) groups excluding carboxylic acids is 2. The minimum absolute atomic E-state index is 0.343. The summed E-state index contributed by atoms with van der Waals surface area (Å²) in [7, 11) is 1.58. The maximum Gasteiger partial charge on any atom is 0.324 e. The summed E-state index contributed by atoms with van der Waals surface area (Å²) >= 11 is 2.21. The maximum atomic E-state index is 13.3. The SMILES string of the molecule is COc1cc([C@@H](c2c[nH]c3ccccc23)C2C(=O)OC(C)(C)OC2=O)cc(I)c1OCc1cccc2ccccc12. The highest BCUT2D eigenvalue weighted by molar-refractivity contribution is 14.1. The van der Waals surface area contributed by atoms with Crippen LogP contribution in [0.5, 0.6) is 11.5 Å². The van der Waals surface area contributed by atoms with Crippen LogP contribution >= 0.6 is 22.6 Å². The number of methoxy groups -OCH3 is 1. The van der Waals surface area contributed by atoms with Gasteiger partial charge in [-0.2, -0.15) is 0 Å². The number of hydrogen-bond acceptors (Lipinski definition) is 6. The van der Waals surface area contributed by atoms with Gasteiger partial charge in [0, 0.05) is 36.9 Å². The topological polar surface area (TPSA) is 86.9 Å². The number of aromatic nitrogens is 1. The van der Waals surface area contributed by atoms with Gasteiger partial charge in [0.05, 0.1) is 10.7 Å². The van der Waals surface area contributed by atoms with Crippen molar-refractivity contribution in [3.63, 3.8) is 0 Å². The third-order valence-electron chi connectivity index (χ3n) is 7.35. The fourth-order valence-electron chi connectivity index (χ4n) is 5.53. The van der Waals surface area contributed by atoms with E-state index in [4.69, 9.17) is 18.9 Å². The van der Waals surface area contributed by atoms with Gasteiger partial charge in [0.2, 0.25) is 0 Å². The second-order valence-electron chi connectivity index (χ2n) is 10.4. The van der Waals surface area contributed by atoms with E-state index in [1.807, 2.05) is 66.9 Å². The Morgan fingerprint density at radius 1 is 0.927 bits per heavy atom. The van der Waals surface area contributed by atoms with Gasteiger partial charge in [-0.3, -0.25) is 9.59 Å². The van der Waals surface area contributed by atoms with Crippen LogP contribution in [0.3, 0.4) is 0 Å². The van der Waals surface area contributed by atoms with Gasteiger partial charge >= 0.3 is 11.9 Å². The average Bonchev–Trinajstić information content (AvgIpc) is 3.37. The summed E-state index contributed by atoms with van der Waals surface area (Å²) in [5, 5.41) is 3.16. The van der Waals surface area contributed by atoms with Crippen molar-refractivity contribution in [1.82, 2.24) is 4.98 Å². The van der Waals surface area contributed by atoms with Gasteiger partial charge in [-0.15, -0.1) is 0 Å². The van der Waals surface area contributed by atoms with E-state index in [0.29, 0.717) is 23.7 Å². The summed E-state index contributed by atoms with van der Waals surface area (Å²) in [6.45, 7) is 3.44. The minimum atomic E-state index is -1.33. The number of esters is 2. The predicted octanol–water partition coefficient (Wildman–Crippen LogP) is 7.10. The maximum absolute atomic E-state index is 13.3. The number of ether oxygens (including phenoxy) is 4. The molecule has 5 aromatic rings. The zero-order valence-corrected chi connectivity index (χ0v) is 24.9. The Bertz CT molecular complexity index is 1770. The molecule has 41 heavy (non-hydrogen) atoms. The summed E-state index contributed by atoms with van der Waals surface area (Å²) < 4.78 is 24.0. The molecule has 208 valence electrons. The zero-order chi connectivity index (χ0) is 28.7. The Balaban J connectivity index is 1.42. The van der Waals surface area contributed by atoms with Gasteiger partial charge in [0.1, 0.15) is 6.61 Å². The van der Waals surface area contributed by atoms with Crippen molar-refractivity contribution in [3.8, 4) is 11.5 Å². The van der Waals surface area contributed by atoms with E-state index in [0.717, 1.165) is 36.4 Å². The van der Waals surface area contributed by atoms with Crippen molar-refractivity contribution in [3.05, 3.63) is 105 Å². The number of halogens is 1. The molecule has 4 aromatic carbocycles. The van der Waals surface area contributed by atoms with Crippen molar-refractivity contribution in [2.45, 2.75) is 32.2 Å². The van der Waals surface area contributed by atoms with Crippen LogP contribution in [0.25, 0.3) is 21.7 Å². The Hall–Kier alpha value is -4.05. The second kappa shape index (κ2) is 10.7. The normalized spacial score (nSPS) is 15.9. The summed E-state index contributed by atoms with van der Waals surface area (Å²) in [6.07, 6.45) is 1.83. The number of hydrogen-bond donors (Lipinski definition) is 1. The lowest BCUT2D eigenvalue weighted by Gasteiger charge is -2.36.